The number of carbonyl (C=O) groups is 1. The molecule has 1 aromatic carbocycles. The zero-order valence-corrected chi connectivity index (χ0v) is 15.1. The van der Waals surface area contributed by atoms with Gasteiger partial charge in [0.25, 0.3) is 11.8 Å². The summed E-state index contributed by atoms with van der Waals surface area (Å²) in [6, 6.07) is 9.08. The van der Waals surface area contributed by atoms with Crippen molar-refractivity contribution in [3.8, 4) is 23.0 Å². The number of nitrogens with one attached hydrogen (secondary N) is 1. The van der Waals surface area contributed by atoms with Crippen LogP contribution in [0.1, 0.15) is 21.9 Å². The molecule has 9 nitrogen and oxygen atoms in total. The van der Waals surface area contributed by atoms with E-state index in [4.69, 9.17) is 14.0 Å². The largest absolute Gasteiger partial charge is 0.454 e. The van der Waals surface area contributed by atoms with Crippen molar-refractivity contribution < 1.29 is 18.8 Å². The van der Waals surface area contributed by atoms with E-state index in [1.165, 1.54) is 0 Å². The topological polar surface area (TPSA) is 103 Å². The van der Waals surface area contributed by atoms with Gasteiger partial charge in [-0.25, -0.2) is 4.98 Å². The van der Waals surface area contributed by atoms with E-state index in [2.05, 4.69) is 20.4 Å². The molecule has 0 aliphatic carbocycles. The van der Waals surface area contributed by atoms with E-state index in [0.29, 0.717) is 28.9 Å². The lowest BCUT2D eigenvalue weighted by molar-refractivity contribution is 0.0944. The van der Waals surface area contributed by atoms with Crippen molar-refractivity contribution in [3.63, 3.8) is 0 Å². The lowest BCUT2D eigenvalue weighted by Crippen LogP contribution is -2.25. The highest BCUT2D eigenvalue weighted by Gasteiger charge is 2.20. The number of rotatable bonds is 4. The minimum Gasteiger partial charge on any atom is -0.454 e. The number of aromatic nitrogens is 3. The van der Waals surface area contributed by atoms with E-state index in [-0.39, 0.29) is 19.2 Å². The summed E-state index contributed by atoms with van der Waals surface area (Å²) in [7, 11) is 1.97. The fourth-order valence-corrected chi connectivity index (χ4v) is 3.25. The van der Waals surface area contributed by atoms with Gasteiger partial charge in [-0.2, -0.15) is 4.98 Å². The highest BCUT2D eigenvalue weighted by Crippen LogP contribution is 2.35. The molecule has 9 heteroatoms. The molecule has 0 bridgehead atoms. The number of ether oxygens (including phenoxy) is 2. The number of fused-ring (bicyclic) bond motifs is 2. The molecule has 0 atom stereocenters. The molecule has 0 radical (unpaired) electrons. The number of benzene rings is 1. The molecule has 28 heavy (non-hydrogen) atoms. The normalized spacial score (nSPS) is 14.2. The van der Waals surface area contributed by atoms with Gasteiger partial charge in [-0.1, -0.05) is 11.2 Å². The van der Waals surface area contributed by atoms with Gasteiger partial charge in [0.15, 0.2) is 17.3 Å². The molecule has 0 unspecified atom stereocenters. The Bertz CT molecular complexity index is 1060. The third-order valence-electron chi connectivity index (χ3n) is 4.76. The molecular formula is C19H17N5O4. The van der Waals surface area contributed by atoms with Crippen LogP contribution in [0.2, 0.25) is 0 Å². The Morgan fingerprint density at radius 1 is 1.18 bits per heavy atom. The van der Waals surface area contributed by atoms with E-state index in [0.717, 1.165) is 29.9 Å². The maximum absolute atomic E-state index is 12.4. The number of amides is 1. The average Bonchev–Trinajstić information content (AvgIpc) is 3.45. The van der Waals surface area contributed by atoms with Crippen molar-refractivity contribution >= 4 is 11.7 Å². The quantitative estimate of drug-likeness (QED) is 0.732. The maximum Gasteiger partial charge on any atom is 0.270 e. The standard InChI is InChI=1S/C19H17N5O4/c1-24-7-6-11-2-4-13(21-17(11)24)18(25)20-9-16-22-19(28-23-16)12-3-5-14-15(8-12)27-10-26-14/h2-5,8H,6-7,9-10H2,1H3,(H,20,25). The average molecular weight is 379 g/mol. The minimum absolute atomic E-state index is 0.140. The second-order valence-corrected chi connectivity index (χ2v) is 6.62. The van der Waals surface area contributed by atoms with Gasteiger partial charge >= 0.3 is 0 Å². The molecule has 3 aromatic rings. The molecule has 0 spiro atoms. The summed E-state index contributed by atoms with van der Waals surface area (Å²) < 4.78 is 15.9. The molecule has 5 rings (SSSR count). The number of hydrogen-bond acceptors (Lipinski definition) is 8. The van der Waals surface area contributed by atoms with Crippen LogP contribution in [-0.2, 0) is 13.0 Å². The summed E-state index contributed by atoms with van der Waals surface area (Å²) in [4.78, 5) is 23.2. The number of hydrogen-bond donors (Lipinski definition) is 1. The van der Waals surface area contributed by atoms with Crippen molar-refractivity contribution in [1.29, 1.82) is 0 Å². The van der Waals surface area contributed by atoms with Gasteiger partial charge in [-0.3, -0.25) is 4.79 Å². The highest BCUT2D eigenvalue weighted by molar-refractivity contribution is 5.92. The van der Waals surface area contributed by atoms with E-state index in [1.807, 2.05) is 24.1 Å². The molecule has 1 N–H and O–H groups in total. The van der Waals surface area contributed by atoms with Crippen molar-refractivity contribution in [2.45, 2.75) is 13.0 Å². The summed E-state index contributed by atoms with van der Waals surface area (Å²) in [5, 5.41) is 6.70. The zero-order valence-electron chi connectivity index (χ0n) is 15.1. The SMILES string of the molecule is CN1CCc2ccc(C(=O)NCc3noc(-c4ccc5c(c4)OCO5)n3)nc21. The van der Waals surface area contributed by atoms with Gasteiger partial charge in [0.05, 0.1) is 6.54 Å². The molecular weight excluding hydrogens is 362 g/mol. The summed E-state index contributed by atoms with van der Waals surface area (Å²) in [6.07, 6.45) is 0.951. The number of pyridine rings is 1. The van der Waals surface area contributed by atoms with Crippen LogP contribution in [0.5, 0.6) is 11.5 Å². The van der Waals surface area contributed by atoms with Crippen molar-refractivity contribution in [3.05, 3.63) is 47.4 Å². The van der Waals surface area contributed by atoms with Crippen LogP contribution in [0.25, 0.3) is 11.5 Å². The predicted molar refractivity (Wildman–Crippen MR) is 98.2 cm³/mol. The third-order valence-corrected chi connectivity index (χ3v) is 4.76. The Balaban J connectivity index is 1.26. The van der Waals surface area contributed by atoms with Crippen LogP contribution in [-0.4, -0.2) is 41.4 Å². The summed E-state index contributed by atoms with van der Waals surface area (Å²) in [5.41, 5.74) is 2.25. The second-order valence-electron chi connectivity index (χ2n) is 6.62. The van der Waals surface area contributed by atoms with Crippen molar-refractivity contribution in [2.24, 2.45) is 0 Å². The van der Waals surface area contributed by atoms with E-state index < -0.39 is 0 Å². The van der Waals surface area contributed by atoms with Crippen LogP contribution in [0.3, 0.4) is 0 Å². The maximum atomic E-state index is 12.4. The number of nitrogens with zero attached hydrogens (tertiary/aromatic N) is 4. The van der Waals surface area contributed by atoms with Gasteiger partial charge in [-0.15, -0.1) is 0 Å². The molecule has 2 aromatic heterocycles. The lowest BCUT2D eigenvalue weighted by atomic mass is 10.2. The predicted octanol–water partition coefficient (Wildman–Crippen LogP) is 1.78. The fraction of sp³-hybridized carbons (Fsp3) is 0.263. The van der Waals surface area contributed by atoms with Gasteiger partial charge in [0, 0.05) is 19.2 Å². The molecule has 2 aliphatic heterocycles. The second kappa shape index (κ2) is 6.52. The van der Waals surface area contributed by atoms with E-state index >= 15 is 0 Å². The Hall–Kier alpha value is -3.62. The first-order valence-corrected chi connectivity index (χ1v) is 8.89. The summed E-state index contributed by atoms with van der Waals surface area (Å²) in [5.74, 6) is 2.62. The van der Waals surface area contributed by atoms with Gasteiger partial charge in [0.1, 0.15) is 11.5 Å². The first kappa shape index (κ1) is 16.5. The highest BCUT2D eigenvalue weighted by atomic mass is 16.7. The molecule has 0 saturated heterocycles. The van der Waals surface area contributed by atoms with Crippen LogP contribution < -0.4 is 19.7 Å². The Morgan fingerprint density at radius 2 is 2.07 bits per heavy atom. The summed E-state index contributed by atoms with van der Waals surface area (Å²) in [6.45, 7) is 1.26. The monoisotopic (exact) mass is 379 g/mol. The Kier molecular flexibility index (Phi) is 3.85. The third kappa shape index (κ3) is 2.90. The number of carbonyl (C=O) groups excluding carboxylic acids is 1. The molecule has 0 fully saturated rings. The Morgan fingerprint density at radius 3 is 3.00 bits per heavy atom. The van der Waals surface area contributed by atoms with Gasteiger partial charge in [-0.05, 0) is 36.2 Å². The smallest absolute Gasteiger partial charge is 0.270 e. The van der Waals surface area contributed by atoms with Crippen LogP contribution in [0.4, 0.5) is 5.82 Å². The molecule has 142 valence electrons. The number of anilines is 1. The summed E-state index contributed by atoms with van der Waals surface area (Å²) >= 11 is 0. The van der Waals surface area contributed by atoms with Gasteiger partial charge < -0.3 is 24.2 Å². The van der Waals surface area contributed by atoms with E-state index in [9.17, 15) is 4.79 Å². The van der Waals surface area contributed by atoms with Crippen molar-refractivity contribution in [2.75, 3.05) is 25.3 Å². The molecule has 1 amide bonds. The fourth-order valence-electron chi connectivity index (χ4n) is 3.25. The molecule has 4 heterocycles. The van der Waals surface area contributed by atoms with Gasteiger partial charge in [0.2, 0.25) is 6.79 Å². The van der Waals surface area contributed by atoms with Crippen molar-refractivity contribution in [1.82, 2.24) is 20.4 Å². The van der Waals surface area contributed by atoms with Crippen LogP contribution in [0, 0.1) is 0 Å². The first-order chi connectivity index (χ1) is 13.7. The molecule has 2 aliphatic rings. The molecule has 0 saturated carbocycles. The lowest BCUT2D eigenvalue weighted by Gasteiger charge is -2.11. The van der Waals surface area contributed by atoms with Crippen LogP contribution >= 0.6 is 0 Å². The van der Waals surface area contributed by atoms with E-state index in [1.54, 1.807) is 18.2 Å². The first-order valence-electron chi connectivity index (χ1n) is 8.89. The minimum atomic E-state index is -0.280. The zero-order chi connectivity index (χ0) is 19.1. The number of likely N-dealkylation sites (N-methyl/N-ethyl adjacent to an activating group) is 1. The van der Waals surface area contributed by atoms with Crippen LogP contribution in [0.15, 0.2) is 34.9 Å². The Labute approximate surface area is 160 Å².